The first kappa shape index (κ1) is 17.7. The highest BCUT2D eigenvalue weighted by Gasteiger charge is 2.07. The molecule has 1 N–H and O–H groups in total. The van der Waals surface area contributed by atoms with Crippen LogP contribution in [0, 0.1) is 0 Å². The van der Waals surface area contributed by atoms with Gasteiger partial charge in [0.1, 0.15) is 0 Å². The highest BCUT2D eigenvalue weighted by atomic mass is 14.9. The predicted octanol–water partition coefficient (Wildman–Crippen LogP) is 8.56. The van der Waals surface area contributed by atoms with E-state index in [4.69, 9.17) is 0 Å². The molecule has 0 fully saturated rings. The zero-order chi connectivity index (χ0) is 20.6. The second-order valence-corrected chi connectivity index (χ2v) is 7.96. The van der Waals surface area contributed by atoms with Gasteiger partial charge in [0.2, 0.25) is 0 Å². The molecular weight excluding hydrogens is 374 g/mol. The van der Waals surface area contributed by atoms with E-state index in [-0.39, 0.29) is 0 Å². The van der Waals surface area contributed by atoms with Crippen LogP contribution in [-0.2, 0) is 0 Å². The van der Waals surface area contributed by atoms with Crippen LogP contribution in [0.5, 0.6) is 0 Å². The van der Waals surface area contributed by atoms with Crippen LogP contribution in [0.2, 0.25) is 0 Å². The fraction of sp³-hybridized carbons (Fsp3) is 0. The van der Waals surface area contributed by atoms with Crippen LogP contribution in [0.4, 0.5) is 11.4 Å². The molecule has 0 amide bonds. The van der Waals surface area contributed by atoms with Crippen molar-refractivity contribution < 1.29 is 0 Å². The Balaban J connectivity index is 1.37. The number of hydrogen-bond donors (Lipinski definition) is 1. The van der Waals surface area contributed by atoms with E-state index in [2.05, 4.69) is 127 Å². The zero-order valence-electron chi connectivity index (χ0n) is 17.0. The van der Waals surface area contributed by atoms with Crippen molar-refractivity contribution in [2.75, 3.05) is 5.32 Å². The fourth-order valence-corrected chi connectivity index (χ4v) is 4.43. The van der Waals surface area contributed by atoms with Crippen molar-refractivity contribution in [3.8, 4) is 11.1 Å². The van der Waals surface area contributed by atoms with Gasteiger partial charge in [0.25, 0.3) is 0 Å². The first-order chi connectivity index (χ1) is 15.3. The van der Waals surface area contributed by atoms with Gasteiger partial charge in [-0.2, -0.15) is 0 Å². The Morgan fingerprint density at radius 3 is 1.81 bits per heavy atom. The van der Waals surface area contributed by atoms with Crippen LogP contribution in [0.25, 0.3) is 43.4 Å². The standard InChI is InChI=1S/C30H21N/c1-2-8-23-19-24(14-13-21(23)7-1)22-15-17-26(18-16-22)31-30-20-25-9-3-4-10-27(25)28-11-5-6-12-29(28)30/h1-20,31H. The quantitative estimate of drug-likeness (QED) is 0.296. The second kappa shape index (κ2) is 7.30. The summed E-state index contributed by atoms with van der Waals surface area (Å²) in [6.45, 7) is 0. The first-order valence-corrected chi connectivity index (χ1v) is 10.6. The lowest BCUT2D eigenvalue weighted by Gasteiger charge is -2.13. The van der Waals surface area contributed by atoms with E-state index in [1.807, 2.05) is 0 Å². The summed E-state index contributed by atoms with van der Waals surface area (Å²) in [5.41, 5.74) is 4.68. The van der Waals surface area contributed by atoms with Crippen LogP contribution in [0.3, 0.4) is 0 Å². The van der Waals surface area contributed by atoms with Gasteiger partial charge in [0, 0.05) is 16.8 Å². The summed E-state index contributed by atoms with van der Waals surface area (Å²) < 4.78 is 0. The van der Waals surface area contributed by atoms with E-state index in [0.717, 1.165) is 11.4 Å². The van der Waals surface area contributed by atoms with Crippen molar-refractivity contribution >= 4 is 43.7 Å². The number of benzene rings is 6. The summed E-state index contributed by atoms with van der Waals surface area (Å²) in [7, 11) is 0. The number of rotatable bonds is 3. The molecule has 1 heteroatoms. The molecule has 0 radical (unpaired) electrons. The van der Waals surface area contributed by atoms with E-state index in [9.17, 15) is 0 Å². The smallest absolute Gasteiger partial charge is 0.0470 e. The summed E-state index contributed by atoms with van der Waals surface area (Å²) in [6.07, 6.45) is 0. The Labute approximate surface area is 181 Å². The van der Waals surface area contributed by atoms with E-state index in [0.29, 0.717) is 0 Å². The minimum atomic E-state index is 1.09. The average Bonchev–Trinajstić information content (AvgIpc) is 2.84. The second-order valence-electron chi connectivity index (χ2n) is 7.96. The largest absolute Gasteiger partial charge is 0.355 e. The van der Waals surface area contributed by atoms with Gasteiger partial charge in [-0.05, 0) is 62.3 Å². The number of nitrogens with one attached hydrogen (secondary N) is 1. The molecule has 0 aliphatic heterocycles. The van der Waals surface area contributed by atoms with Crippen molar-refractivity contribution in [1.29, 1.82) is 0 Å². The maximum Gasteiger partial charge on any atom is 0.0470 e. The lowest BCUT2D eigenvalue weighted by molar-refractivity contribution is 1.57. The monoisotopic (exact) mass is 395 g/mol. The van der Waals surface area contributed by atoms with Crippen molar-refractivity contribution in [3.05, 3.63) is 121 Å². The molecule has 0 aliphatic rings. The van der Waals surface area contributed by atoms with E-state index < -0.39 is 0 Å². The van der Waals surface area contributed by atoms with Gasteiger partial charge in [0.05, 0.1) is 0 Å². The minimum absolute atomic E-state index is 1.09. The third-order valence-electron chi connectivity index (χ3n) is 6.01. The van der Waals surface area contributed by atoms with Crippen molar-refractivity contribution in [1.82, 2.24) is 0 Å². The van der Waals surface area contributed by atoms with Gasteiger partial charge in [-0.15, -0.1) is 0 Å². The fourth-order valence-electron chi connectivity index (χ4n) is 4.43. The molecule has 0 aliphatic carbocycles. The van der Waals surface area contributed by atoms with Crippen LogP contribution in [0.15, 0.2) is 121 Å². The molecule has 0 spiro atoms. The highest BCUT2D eigenvalue weighted by Crippen LogP contribution is 2.34. The van der Waals surface area contributed by atoms with Gasteiger partial charge in [-0.25, -0.2) is 0 Å². The molecule has 6 aromatic carbocycles. The molecule has 6 rings (SSSR count). The minimum Gasteiger partial charge on any atom is -0.355 e. The van der Waals surface area contributed by atoms with E-state index in [1.54, 1.807) is 0 Å². The Hall–Kier alpha value is -4.10. The lowest BCUT2D eigenvalue weighted by atomic mass is 9.99. The van der Waals surface area contributed by atoms with E-state index >= 15 is 0 Å². The molecule has 6 aromatic rings. The molecule has 0 saturated heterocycles. The molecule has 146 valence electrons. The van der Waals surface area contributed by atoms with Crippen LogP contribution in [0.1, 0.15) is 0 Å². The molecule has 0 atom stereocenters. The number of anilines is 2. The Morgan fingerprint density at radius 1 is 0.387 bits per heavy atom. The molecular formula is C30H21N. The van der Waals surface area contributed by atoms with Gasteiger partial charge in [-0.3, -0.25) is 0 Å². The van der Waals surface area contributed by atoms with Crippen LogP contribution < -0.4 is 5.32 Å². The lowest BCUT2D eigenvalue weighted by Crippen LogP contribution is -1.92. The number of hydrogen-bond acceptors (Lipinski definition) is 1. The summed E-state index contributed by atoms with van der Waals surface area (Å²) in [5, 5.41) is 11.2. The topological polar surface area (TPSA) is 12.0 Å². The van der Waals surface area contributed by atoms with Crippen molar-refractivity contribution in [2.24, 2.45) is 0 Å². The molecule has 0 bridgehead atoms. The third-order valence-corrected chi connectivity index (χ3v) is 6.01. The summed E-state index contributed by atoms with van der Waals surface area (Å²) in [4.78, 5) is 0. The molecule has 0 aromatic heterocycles. The third kappa shape index (κ3) is 3.21. The van der Waals surface area contributed by atoms with Gasteiger partial charge in [-0.1, -0.05) is 97.1 Å². The predicted molar refractivity (Wildman–Crippen MR) is 134 cm³/mol. The Kier molecular flexibility index (Phi) is 4.18. The van der Waals surface area contributed by atoms with Gasteiger partial charge in [0.15, 0.2) is 0 Å². The van der Waals surface area contributed by atoms with Gasteiger partial charge >= 0.3 is 0 Å². The Bertz CT molecular complexity index is 1540. The Morgan fingerprint density at radius 2 is 1.00 bits per heavy atom. The maximum absolute atomic E-state index is 3.65. The van der Waals surface area contributed by atoms with Gasteiger partial charge < -0.3 is 5.32 Å². The van der Waals surface area contributed by atoms with Crippen LogP contribution in [-0.4, -0.2) is 0 Å². The van der Waals surface area contributed by atoms with Crippen LogP contribution >= 0.6 is 0 Å². The molecule has 0 unspecified atom stereocenters. The zero-order valence-corrected chi connectivity index (χ0v) is 17.0. The normalized spacial score (nSPS) is 11.2. The number of fused-ring (bicyclic) bond motifs is 4. The summed E-state index contributed by atoms with van der Waals surface area (Å²) in [6, 6.07) is 43.3. The SMILES string of the molecule is c1ccc2cc(-c3ccc(Nc4cc5ccccc5c5ccccc45)cc3)ccc2c1. The average molecular weight is 396 g/mol. The summed E-state index contributed by atoms with van der Waals surface area (Å²) in [5.74, 6) is 0. The molecule has 31 heavy (non-hydrogen) atoms. The molecule has 0 heterocycles. The summed E-state index contributed by atoms with van der Waals surface area (Å²) >= 11 is 0. The molecule has 0 saturated carbocycles. The molecule has 1 nitrogen and oxygen atoms in total. The van der Waals surface area contributed by atoms with E-state index in [1.165, 1.54) is 43.4 Å². The first-order valence-electron chi connectivity index (χ1n) is 10.6. The highest BCUT2D eigenvalue weighted by molar-refractivity contribution is 6.13. The van der Waals surface area contributed by atoms with Crippen molar-refractivity contribution in [3.63, 3.8) is 0 Å². The maximum atomic E-state index is 3.65. The van der Waals surface area contributed by atoms with Crippen molar-refractivity contribution in [2.45, 2.75) is 0 Å².